The van der Waals surface area contributed by atoms with Crippen molar-refractivity contribution in [2.75, 3.05) is 18.9 Å². The van der Waals surface area contributed by atoms with Crippen molar-refractivity contribution in [3.05, 3.63) is 36.3 Å². The second kappa shape index (κ2) is 7.38. The molecule has 1 fully saturated rings. The van der Waals surface area contributed by atoms with E-state index in [0.717, 1.165) is 42.9 Å². The molecular weight excluding hydrogens is 394 g/mol. The number of rotatable bonds is 4. The largest absolute Gasteiger partial charge is 0.381 e. The van der Waals surface area contributed by atoms with E-state index in [1.807, 2.05) is 36.0 Å². The van der Waals surface area contributed by atoms with Gasteiger partial charge in [0.2, 0.25) is 5.82 Å². The first-order valence-electron chi connectivity index (χ1n) is 10.4. The van der Waals surface area contributed by atoms with E-state index in [1.54, 1.807) is 10.9 Å². The molecule has 0 atom stereocenters. The number of para-hydroxylation sites is 1. The Labute approximate surface area is 179 Å². The number of hydrogen-bond acceptors (Lipinski definition) is 8. The van der Waals surface area contributed by atoms with Crippen LogP contribution < -0.4 is 5.73 Å². The molecule has 0 spiro atoms. The fourth-order valence-electron chi connectivity index (χ4n) is 4.33. The van der Waals surface area contributed by atoms with E-state index in [4.69, 9.17) is 20.4 Å². The van der Waals surface area contributed by atoms with Crippen molar-refractivity contribution in [2.45, 2.75) is 32.1 Å². The molecular formula is C21H25N9O. The Hall–Kier alpha value is -3.40. The Morgan fingerprint density at radius 1 is 1.13 bits per heavy atom. The maximum atomic E-state index is 6.13. The molecule has 160 valence electrons. The first-order chi connectivity index (χ1) is 14.9. The smallest absolute Gasteiger partial charge is 0.201 e. The van der Waals surface area contributed by atoms with Crippen molar-refractivity contribution in [1.29, 1.82) is 0 Å². The summed E-state index contributed by atoms with van der Waals surface area (Å²) in [6.07, 6.45) is 3.62. The summed E-state index contributed by atoms with van der Waals surface area (Å²) in [4.78, 5) is 13.9. The van der Waals surface area contributed by atoms with Crippen molar-refractivity contribution in [2.24, 2.45) is 13.0 Å². The molecule has 0 bridgehead atoms. The molecule has 0 radical (unpaired) electrons. The molecule has 5 rings (SSSR count). The molecule has 2 N–H and O–H groups in total. The number of benzene rings is 1. The number of fused-ring (bicyclic) bond motifs is 1. The second-order valence-electron chi connectivity index (χ2n) is 8.45. The summed E-state index contributed by atoms with van der Waals surface area (Å²) in [6, 6.07) is 7.63. The molecule has 10 nitrogen and oxygen atoms in total. The van der Waals surface area contributed by atoms with Crippen molar-refractivity contribution >= 4 is 16.9 Å². The van der Waals surface area contributed by atoms with E-state index >= 15 is 0 Å². The van der Waals surface area contributed by atoms with Gasteiger partial charge in [0.1, 0.15) is 17.0 Å². The molecule has 0 aliphatic carbocycles. The lowest BCUT2D eigenvalue weighted by Crippen LogP contribution is -2.35. The van der Waals surface area contributed by atoms with Gasteiger partial charge in [0.05, 0.1) is 11.7 Å². The minimum Gasteiger partial charge on any atom is -0.381 e. The van der Waals surface area contributed by atoms with E-state index in [-0.39, 0.29) is 11.2 Å². The minimum atomic E-state index is -0.143. The number of aromatic nitrogens is 8. The van der Waals surface area contributed by atoms with Crippen molar-refractivity contribution in [1.82, 2.24) is 39.7 Å². The van der Waals surface area contributed by atoms with Crippen LogP contribution in [0.2, 0.25) is 0 Å². The molecule has 0 saturated carbocycles. The number of anilines is 1. The molecule has 1 aliphatic heterocycles. The van der Waals surface area contributed by atoms with Gasteiger partial charge in [-0.15, -0.1) is 10.2 Å². The van der Waals surface area contributed by atoms with Gasteiger partial charge in [-0.1, -0.05) is 31.2 Å². The fourth-order valence-corrected chi connectivity index (χ4v) is 4.33. The monoisotopic (exact) mass is 419 g/mol. The van der Waals surface area contributed by atoms with Crippen LogP contribution in [0, 0.1) is 5.92 Å². The summed E-state index contributed by atoms with van der Waals surface area (Å²) in [7, 11) is 1.92. The quantitative estimate of drug-likeness (QED) is 0.534. The molecule has 4 aromatic rings. The lowest BCUT2D eigenvalue weighted by Gasteiger charge is -2.35. The van der Waals surface area contributed by atoms with E-state index < -0.39 is 0 Å². The topological polar surface area (TPSA) is 122 Å². The molecule has 0 amide bonds. The third kappa shape index (κ3) is 3.32. The van der Waals surface area contributed by atoms with Gasteiger partial charge < -0.3 is 10.5 Å². The molecule has 10 heteroatoms. The average molecular weight is 419 g/mol. The van der Waals surface area contributed by atoms with Crippen LogP contribution in [0.1, 0.15) is 32.5 Å². The summed E-state index contributed by atoms with van der Waals surface area (Å²) >= 11 is 0. The van der Waals surface area contributed by atoms with Crippen LogP contribution in [-0.2, 0) is 17.2 Å². The second-order valence-corrected chi connectivity index (χ2v) is 8.45. The maximum Gasteiger partial charge on any atom is 0.201 e. The van der Waals surface area contributed by atoms with E-state index in [9.17, 15) is 0 Å². The highest BCUT2D eigenvalue weighted by molar-refractivity contribution is 5.76. The third-order valence-electron chi connectivity index (χ3n) is 6.14. The van der Waals surface area contributed by atoms with Crippen LogP contribution >= 0.6 is 0 Å². The van der Waals surface area contributed by atoms with Crippen LogP contribution in [-0.4, -0.2) is 52.9 Å². The summed E-state index contributed by atoms with van der Waals surface area (Å²) in [5.41, 5.74) is 8.08. The van der Waals surface area contributed by atoms with E-state index in [2.05, 4.69) is 34.2 Å². The van der Waals surface area contributed by atoms with Crippen LogP contribution in [0.5, 0.6) is 0 Å². The maximum absolute atomic E-state index is 6.13. The van der Waals surface area contributed by atoms with Crippen LogP contribution in [0.4, 0.5) is 5.82 Å². The zero-order valence-electron chi connectivity index (χ0n) is 17.9. The van der Waals surface area contributed by atoms with Crippen molar-refractivity contribution in [3.8, 4) is 17.3 Å². The highest BCUT2D eigenvalue weighted by Crippen LogP contribution is 2.37. The SMILES string of the molecule is Cn1nc(-c2cnc(N)c(-n3nnc4ccccc43)n2)nc1C(C)(C)C1CCOCC1. The number of nitrogens with two attached hydrogens (primary N) is 1. The van der Waals surface area contributed by atoms with E-state index in [1.165, 1.54) is 0 Å². The number of hydrogen-bond donors (Lipinski definition) is 1. The molecule has 31 heavy (non-hydrogen) atoms. The lowest BCUT2D eigenvalue weighted by atomic mass is 9.74. The fraction of sp³-hybridized carbons (Fsp3) is 0.429. The van der Waals surface area contributed by atoms with E-state index in [0.29, 0.717) is 23.3 Å². The molecule has 1 aromatic carbocycles. The summed E-state index contributed by atoms with van der Waals surface area (Å²) in [5.74, 6) is 2.57. The zero-order chi connectivity index (χ0) is 21.6. The highest BCUT2D eigenvalue weighted by atomic mass is 16.5. The van der Waals surface area contributed by atoms with Crippen molar-refractivity contribution in [3.63, 3.8) is 0 Å². The van der Waals surface area contributed by atoms with Crippen LogP contribution in [0.25, 0.3) is 28.4 Å². The number of ether oxygens (including phenoxy) is 1. The Morgan fingerprint density at radius 3 is 2.71 bits per heavy atom. The minimum absolute atomic E-state index is 0.143. The molecule has 1 saturated heterocycles. The number of aryl methyl sites for hydroxylation is 1. The third-order valence-corrected chi connectivity index (χ3v) is 6.14. The van der Waals surface area contributed by atoms with Crippen LogP contribution in [0.15, 0.2) is 30.5 Å². The number of nitrogens with zero attached hydrogens (tertiary/aromatic N) is 8. The van der Waals surface area contributed by atoms with Gasteiger partial charge in [-0.05, 0) is 30.9 Å². The van der Waals surface area contributed by atoms with Gasteiger partial charge >= 0.3 is 0 Å². The van der Waals surface area contributed by atoms with Gasteiger partial charge in [-0.25, -0.2) is 15.0 Å². The predicted molar refractivity (Wildman–Crippen MR) is 115 cm³/mol. The van der Waals surface area contributed by atoms with Gasteiger partial charge in [-0.3, -0.25) is 4.68 Å². The van der Waals surface area contributed by atoms with Gasteiger partial charge in [0.25, 0.3) is 0 Å². The predicted octanol–water partition coefficient (Wildman–Crippen LogP) is 2.29. The summed E-state index contributed by atoms with van der Waals surface area (Å²) in [6.45, 7) is 6.02. The molecule has 0 unspecified atom stereocenters. The van der Waals surface area contributed by atoms with Gasteiger partial charge in [0.15, 0.2) is 11.6 Å². The highest BCUT2D eigenvalue weighted by Gasteiger charge is 2.36. The zero-order valence-corrected chi connectivity index (χ0v) is 17.9. The molecule has 1 aliphatic rings. The first kappa shape index (κ1) is 19.6. The normalized spacial score (nSPS) is 15.6. The Kier molecular flexibility index (Phi) is 4.66. The first-order valence-corrected chi connectivity index (χ1v) is 10.4. The van der Waals surface area contributed by atoms with Gasteiger partial charge in [0, 0.05) is 25.7 Å². The molecule has 3 aromatic heterocycles. The standard InChI is InChI=1S/C21H25N9O/c1-21(2,13-8-10-31-11-9-13)20-25-18(27-29(20)3)15-12-23-17(22)19(24-15)30-16-7-5-4-6-14(16)26-28-30/h4-7,12-13H,8-11H2,1-3H3,(H2,22,23). The lowest BCUT2D eigenvalue weighted by molar-refractivity contribution is 0.0413. The summed E-state index contributed by atoms with van der Waals surface area (Å²) in [5, 5.41) is 13.0. The number of nitrogen functional groups attached to an aromatic ring is 1. The average Bonchev–Trinajstić information content (AvgIpc) is 3.39. The Morgan fingerprint density at radius 2 is 1.90 bits per heavy atom. The summed E-state index contributed by atoms with van der Waals surface area (Å²) < 4.78 is 8.97. The Balaban J connectivity index is 1.55. The Bertz CT molecular complexity index is 1240. The van der Waals surface area contributed by atoms with Crippen molar-refractivity contribution < 1.29 is 4.74 Å². The van der Waals surface area contributed by atoms with Crippen LogP contribution in [0.3, 0.4) is 0 Å². The van der Waals surface area contributed by atoms with Gasteiger partial charge in [-0.2, -0.15) is 4.68 Å². The molecule has 4 heterocycles.